The molecule has 0 amide bonds. The lowest BCUT2D eigenvalue weighted by atomic mass is 9.85. The van der Waals surface area contributed by atoms with Crippen LogP contribution in [0, 0.1) is 0 Å². The Morgan fingerprint density at radius 3 is 2.27 bits per heavy atom. The summed E-state index contributed by atoms with van der Waals surface area (Å²) >= 11 is 0. The average molecular weight is 162 g/mol. The van der Waals surface area contributed by atoms with E-state index >= 15 is 0 Å². The van der Waals surface area contributed by atoms with Gasteiger partial charge < -0.3 is 4.74 Å². The van der Waals surface area contributed by atoms with Crippen LogP contribution in [0.5, 0.6) is 0 Å². The fourth-order valence-electron chi connectivity index (χ4n) is 1.51. The lowest BCUT2D eigenvalue weighted by Crippen LogP contribution is -2.34. The monoisotopic (exact) mass is 162 g/mol. The van der Waals surface area contributed by atoms with Gasteiger partial charge in [-0.15, -0.1) is 0 Å². The highest BCUT2D eigenvalue weighted by molar-refractivity contribution is 4.82. The Labute approximate surface area is 66.6 Å². The van der Waals surface area contributed by atoms with Crippen LogP contribution in [0.4, 0.5) is 4.53 Å². The van der Waals surface area contributed by atoms with Crippen LogP contribution in [0.3, 0.4) is 0 Å². The molecule has 2 nitrogen and oxygen atoms in total. The Bertz CT molecular complexity index is 119. The molecule has 0 aliphatic heterocycles. The van der Waals surface area contributed by atoms with E-state index in [0.29, 0.717) is 6.10 Å². The highest BCUT2D eigenvalue weighted by atomic mass is 19.3. The minimum absolute atomic E-state index is 0.304. The van der Waals surface area contributed by atoms with Gasteiger partial charge in [-0.25, -0.2) is 0 Å². The number of methoxy groups -OCH3 is 1. The molecule has 1 fully saturated rings. The van der Waals surface area contributed by atoms with Gasteiger partial charge in [-0.3, -0.25) is 0 Å². The molecule has 0 saturated heterocycles. The lowest BCUT2D eigenvalue weighted by molar-refractivity contribution is -0.244. The van der Waals surface area contributed by atoms with E-state index in [0.717, 1.165) is 25.7 Å². The standard InChI is InChI=1S/C8H15FO2/c1-8(11-9)5-3-7(10-2)4-6-8/h7H,3-6H2,1-2H3. The SMILES string of the molecule is COC1CCC(C)(OF)CC1. The van der Waals surface area contributed by atoms with Gasteiger partial charge in [-0.1, -0.05) is 0 Å². The molecule has 0 aromatic heterocycles. The maximum atomic E-state index is 12.0. The summed E-state index contributed by atoms with van der Waals surface area (Å²) in [5, 5.41) is 0. The first-order valence-electron chi connectivity index (χ1n) is 4.03. The molecule has 1 aliphatic carbocycles. The zero-order valence-electron chi connectivity index (χ0n) is 7.10. The topological polar surface area (TPSA) is 18.5 Å². The van der Waals surface area contributed by atoms with Gasteiger partial charge in [0.1, 0.15) is 5.60 Å². The third-order valence-corrected chi connectivity index (χ3v) is 2.51. The Balaban J connectivity index is 2.35. The Morgan fingerprint density at radius 1 is 1.36 bits per heavy atom. The second kappa shape index (κ2) is 3.50. The highest BCUT2D eigenvalue weighted by Crippen LogP contribution is 2.32. The molecule has 11 heavy (non-hydrogen) atoms. The fraction of sp³-hybridized carbons (Fsp3) is 1.00. The molecule has 0 heterocycles. The predicted octanol–water partition coefficient (Wildman–Crippen LogP) is 2.24. The number of hydrogen-bond acceptors (Lipinski definition) is 2. The molecular formula is C8H15FO2. The van der Waals surface area contributed by atoms with Gasteiger partial charge in [0.15, 0.2) is 0 Å². The first-order chi connectivity index (χ1) is 5.20. The lowest BCUT2D eigenvalue weighted by Gasteiger charge is -2.32. The van der Waals surface area contributed by atoms with Crippen molar-refractivity contribution in [2.45, 2.75) is 44.3 Å². The molecule has 66 valence electrons. The van der Waals surface area contributed by atoms with Crippen LogP contribution in [0.1, 0.15) is 32.6 Å². The highest BCUT2D eigenvalue weighted by Gasteiger charge is 2.32. The molecule has 0 spiro atoms. The maximum Gasteiger partial charge on any atom is 0.106 e. The molecule has 0 N–H and O–H groups in total. The van der Waals surface area contributed by atoms with Crippen molar-refractivity contribution >= 4 is 0 Å². The van der Waals surface area contributed by atoms with E-state index in [1.54, 1.807) is 14.0 Å². The van der Waals surface area contributed by atoms with E-state index in [9.17, 15) is 4.53 Å². The van der Waals surface area contributed by atoms with E-state index in [2.05, 4.69) is 4.94 Å². The van der Waals surface area contributed by atoms with Crippen LogP contribution in [0.2, 0.25) is 0 Å². The van der Waals surface area contributed by atoms with E-state index in [1.165, 1.54) is 0 Å². The molecule has 1 aliphatic rings. The van der Waals surface area contributed by atoms with Crippen LogP contribution in [0.15, 0.2) is 0 Å². The van der Waals surface area contributed by atoms with E-state index in [4.69, 9.17) is 4.74 Å². The maximum absolute atomic E-state index is 12.0. The van der Waals surface area contributed by atoms with Gasteiger partial charge in [0.25, 0.3) is 0 Å². The summed E-state index contributed by atoms with van der Waals surface area (Å²) in [6.45, 7) is 1.80. The smallest absolute Gasteiger partial charge is 0.106 e. The summed E-state index contributed by atoms with van der Waals surface area (Å²) in [7, 11) is 1.70. The van der Waals surface area contributed by atoms with Crippen molar-refractivity contribution in [1.82, 2.24) is 0 Å². The first-order valence-corrected chi connectivity index (χ1v) is 4.03. The van der Waals surface area contributed by atoms with Crippen LogP contribution in [0.25, 0.3) is 0 Å². The molecule has 1 saturated carbocycles. The predicted molar refractivity (Wildman–Crippen MR) is 39.9 cm³/mol. The molecule has 0 atom stereocenters. The van der Waals surface area contributed by atoms with Gasteiger partial charge in [0, 0.05) is 7.11 Å². The van der Waals surface area contributed by atoms with Crippen molar-refractivity contribution in [3.05, 3.63) is 0 Å². The summed E-state index contributed by atoms with van der Waals surface area (Å²) in [5.41, 5.74) is -0.547. The summed E-state index contributed by atoms with van der Waals surface area (Å²) in [5.74, 6) is 0. The molecule has 1 rings (SSSR count). The summed E-state index contributed by atoms with van der Waals surface area (Å²) in [6.07, 6.45) is 3.61. The second-order valence-corrected chi connectivity index (χ2v) is 3.46. The van der Waals surface area contributed by atoms with Crippen LogP contribution in [-0.2, 0) is 9.68 Å². The molecule has 0 aromatic carbocycles. The summed E-state index contributed by atoms with van der Waals surface area (Å²) < 4.78 is 17.1. The molecular weight excluding hydrogens is 147 g/mol. The van der Waals surface area contributed by atoms with E-state index in [-0.39, 0.29) is 0 Å². The Morgan fingerprint density at radius 2 is 1.91 bits per heavy atom. The van der Waals surface area contributed by atoms with E-state index < -0.39 is 5.60 Å². The van der Waals surface area contributed by atoms with Gasteiger partial charge in [-0.05, 0) is 37.1 Å². The number of ether oxygens (including phenoxy) is 1. The number of hydrogen-bond donors (Lipinski definition) is 0. The largest absolute Gasteiger partial charge is 0.381 e. The van der Waals surface area contributed by atoms with Crippen LogP contribution >= 0.6 is 0 Å². The van der Waals surface area contributed by atoms with Crippen molar-refractivity contribution in [2.75, 3.05) is 7.11 Å². The molecule has 0 unspecified atom stereocenters. The molecule has 0 aromatic rings. The van der Waals surface area contributed by atoms with Crippen molar-refractivity contribution in [3.63, 3.8) is 0 Å². The molecule has 0 bridgehead atoms. The number of rotatable bonds is 2. The second-order valence-electron chi connectivity index (χ2n) is 3.46. The third-order valence-electron chi connectivity index (χ3n) is 2.51. The summed E-state index contributed by atoms with van der Waals surface area (Å²) in [6, 6.07) is 0. The van der Waals surface area contributed by atoms with E-state index in [1.807, 2.05) is 0 Å². The minimum Gasteiger partial charge on any atom is -0.381 e. The quantitative estimate of drug-likeness (QED) is 0.620. The Hall–Kier alpha value is -0.150. The molecule has 3 heteroatoms. The zero-order chi connectivity index (χ0) is 8.32. The first kappa shape index (κ1) is 8.94. The van der Waals surface area contributed by atoms with Gasteiger partial charge in [0.2, 0.25) is 0 Å². The third kappa shape index (κ3) is 2.14. The van der Waals surface area contributed by atoms with Crippen LogP contribution in [-0.4, -0.2) is 18.8 Å². The van der Waals surface area contributed by atoms with Crippen molar-refractivity contribution in [3.8, 4) is 0 Å². The van der Waals surface area contributed by atoms with Crippen molar-refractivity contribution < 1.29 is 14.2 Å². The average Bonchev–Trinajstić information content (AvgIpc) is 2.06. The van der Waals surface area contributed by atoms with Gasteiger partial charge >= 0.3 is 0 Å². The summed E-state index contributed by atoms with van der Waals surface area (Å²) in [4.78, 5) is 3.92. The number of halogens is 1. The normalized spacial score (nSPS) is 39.0. The van der Waals surface area contributed by atoms with Crippen LogP contribution < -0.4 is 0 Å². The minimum atomic E-state index is -0.547. The fourth-order valence-corrected chi connectivity index (χ4v) is 1.51. The molecule has 0 radical (unpaired) electrons. The van der Waals surface area contributed by atoms with Gasteiger partial charge in [0.05, 0.1) is 6.10 Å². The van der Waals surface area contributed by atoms with Crippen molar-refractivity contribution in [1.29, 1.82) is 0 Å². The van der Waals surface area contributed by atoms with Gasteiger partial charge in [-0.2, -0.15) is 4.94 Å². The zero-order valence-corrected chi connectivity index (χ0v) is 7.10. The van der Waals surface area contributed by atoms with Crippen molar-refractivity contribution in [2.24, 2.45) is 0 Å². The Kier molecular flexibility index (Phi) is 2.84.